The first-order valence-corrected chi connectivity index (χ1v) is 8.11. The molecular formula is C13H15ClN2O3S. The van der Waals surface area contributed by atoms with Gasteiger partial charge in [0.25, 0.3) is 0 Å². The highest BCUT2D eigenvalue weighted by atomic mass is 35.5. The van der Waals surface area contributed by atoms with Crippen LogP contribution in [0.4, 0.5) is 5.69 Å². The second-order valence-corrected chi connectivity index (χ2v) is 7.14. The molecule has 1 aromatic carbocycles. The highest BCUT2D eigenvalue weighted by molar-refractivity contribution is 7.92. The largest absolute Gasteiger partial charge is 0.325 e. The number of unbranched alkanes of at least 4 members (excludes halogenated alkanes) is 1. The Hall–Kier alpha value is -1.58. The first-order valence-electron chi connectivity index (χ1n) is 6.02. The lowest BCUT2D eigenvalue weighted by atomic mass is 10.3. The third-order valence-electron chi connectivity index (χ3n) is 2.74. The predicted octanol–water partition coefficient (Wildman–Crippen LogP) is 2.39. The van der Waals surface area contributed by atoms with Crippen LogP contribution in [0.3, 0.4) is 0 Å². The normalized spacial score (nSPS) is 12.4. The van der Waals surface area contributed by atoms with E-state index in [2.05, 4.69) is 5.32 Å². The number of carbonyl (C=O) groups is 1. The molecule has 1 unspecified atom stereocenters. The van der Waals surface area contributed by atoms with Gasteiger partial charge in [-0.25, -0.2) is 8.42 Å². The first kappa shape index (κ1) is 16.5. The molecule has 0 aliphatic rings. The Bertz CT molecular complexity index is 605. The molecule has 0 saturated heterocycles. The molecule has 1 aromatic rings. The third-order valence-corrected chi connectivity index (χ3v) is 5.14. The molecule has 5 nitrogen and oxygen atoms in total. The highest BCUT2D eigenvalue weighted by Gasteiger charge is 2.27. The maximum absolute atomic E-state index is 11.9. The number of amides is 1. The van der Waals surface area contributed by atoms with Crippen LogP contribution in [-0.4, -0.2) is 25.3 Å². The molecule has 0 spiro atoms. The molecule has 0 fully saturated rings. The molecule has 0 heterocycles. The fourth-order valence-electron chi connectivity index (χ4n) is 1.47. The summed E-state index contributed by atoms with van der Waals surface area (Å²) in [6.45, 7) is 1.34. The van der Waals surface area contributed by atoms with Crippen LogP contribution in [0.5, 0.6) is 0 Å². The lowest BCUT2D eigenvalue weighted by Crippen LogP contribution is -2.34. The molecule has 0 aliphatic carbocycles. The molecular weight excluding hydrogens is 300 g/mol. The molecule has 0 aromatic heterocycles. The zero-order chi connectivity index (χ0) is 15.2. The van der Waals surface area contributed by atoms with E-state index in [9.17, 15) is 13.2 Å². The fraction of sp³-hybridized carbons (Fsp3) is 0.385. The molecule has 1 N–H and O–H groups in total. The molecule has 1 amide bonds. The molecule has 7 heteroatoms. The van der Waals surface area contributed by atoms with Crippen molar-refractivity contribution in [2.75, 3.05) is 11.1 Å². The van der Waals surface area contributed by atoms with E-state index in [1.807, 2.05) is 6.07 Å². The number of benzene rings is 1. The maximum atomic E-state index is 11.9. The second kappa shape index (κ2) is 7.27. The van der Waals surface area contributed by atoms with Gasteiger partial charge in [0.05, 0.1) is 11.8 Å². The van der Waals surface area contributed by atoms with Gasteiger partial charge in [0.15, 0.2) is 9.84 Å². The summed E-state index contributed by atoms with van der Waals surface area (Å²) in [6.07, 6.45) is 0.391. The smallest absolute Gasteiger partial charge is 0.242 e. The number of nitriles is 1. The van der Waals surface area contributed by atoms with Gasteiger partial charge in [-0.15, -0.1) is 0 Å². The first-order chi connectivity index (χ1) is 9.36. The molecule has 0 aliphatic heterocycles. The van der Waals surface area contributed by atoms with E-state index in [4.69, 9.17) is 16.9 Å². The number of hydrogen-bond donors (Lipinski definition) is 1. The minimum Gasteiger partial charge on any atom is -0.325 e. The van der Waals surface area contributed by atoms with Crippen LogP contribution in [-0.2, 0) is 14.6 Å². The maximum Gasteiger partial charge on any atom is 0.242 e. The van der Waals surface area contributed by atoms with Crippen LogP contribution in [0.15, 0.2) is 24.3 Å². The Balaban J connectivity index is 2.67. The molecule has 1 atom stereocenters. The van der Waals surface area contributed by atoms with Crippen molar-refractivity contribution in [1.82, 2.24) is 0 Å². The Morgan fingerprint density at radius 2 is 2.00 bits per heavy atom. The zero-order valence-electron chi connectivity index (χ0n) is 11.0. The molecule has 0 radical (unpaired) electrons. The minimum absolute atomic E-state index is 0.157. The van der Waals surface area contributed by atoms with Crippen molar-refractivity contribution in [1.29, 1.82) is 5.26 Å². The van der Waals surface area contributed by atoms with Gasteiger partial charge >= 0.3 is 0 Å². The molecule has 0 saturated carbocycles. The number of nitrogens with one attached hydrogen (secondary N) is 1. The van der Waals surface area contributed by atoms with Crippen molar-refractivity contribution >= 4 is 33.0 Å². The van der Waals surface area contributed by atoms with Crippen molar-refractivity contribution < 1.29 is 13.2 Å². The van der Waals surface area contributed by atoms with E-state index in [-0.39, 0.29) is 18.6 Å². The van der Waals surface area contributed by atoms with Gasteiger partial charge in [-0.3, -0.25) is 4.79 Å². The summed E-state index contributed by atoms with van der Waals surface area (Å²) in [7, 11) is -3.55. The van der Waals surface area contributed by atoms with Crippen molar-refractivity contribution in [2.45, 2.75) is 25.0 Å². The Labute approximate surface area is 123 Å². The molecule has 108 valence electrons. The zero-order valence-corrected chi connectivity index (χ0v) is 12.5. The molecule has 20 heavy (non-hydrogen) atoms. The topological polar surface area (TPSA) is 87.0 Å². The second-order valence-electron chi connectivity index (χ2n) is 4.27. The van der Waals surface area contributed by atoms with Crippen molar-refractivity contribution in [2.24, 2.45) is 0 Å². The van der Waals surface area contributed by atoms with Crippen molar-refractivity contribution in [3.05, 3.63) is 29.3 Å². The van der Waals surface area contributed by atoms with Crippen molar-refractivity contribution in [3.8, 4) is 6.07 Å². The summed E-state index contributed by atoms with van der Waals surface area (Å²) in [6, 6.07) is 8.26. The van der Waals surface area contributed by atoms with Gasteiger partial charge in [0.2, 0.25) is 5.91 Å². The number of nitrogens with zero attached hydrogens (tertiary/aromatic N) is 1. The van der Waals surface area contributed by atoms with Crippen LogP contribution in [0.1, 0.15) is 19.8 Å². The van der Waals surface area contributed by atoms with Gasteiger partial charge in [-0.1, -0.05) is 11.6 Å². The standard InChI is InChI=1S/C13H15ClN2O3S/c1-10(20(18,19)9-3-2-8-15)13(17)16-12-6-4-11(14)5-7-12/h4-7,10H,2-3,9H2,1H3,(H,16,17). The van der Waals surface area contributed by atoms with Crippen LogP contribution in [0.2, 0.25) is 5.02 Å². The Morgan fingerprint density at radius 1 is 1.40 bits per heavy atom. The number of carbonyl (C=O) groups excluding carboxylic acids is 1. The summed E-state index contributed by atoms with van der Waals surface area (Å²) < 4.78 is 23.8. The third kappa shape index (κ3) is 4.83. The molecule has 0 bridgehead atoms. The Kier molecular flexibility index (Phi) is 5.99. The summed E-state index contributed by atoms with van der Waals surface area (Å²) >= 11 is 5.72. The van der Waals surface area contributed by atoms with Crippen molar-refractivity contribution in [3.63, 3.8) is 0 Å². The van der Waals surface area contributed by atoms with E-state index in [0.717, 1.165) is 0 Å². The number of anilines is 1. The minimum atomic E-state index is -3.55. The summed E-state index contributed by atoms with van der Waals surface area (Å²) in [5, 5.41) is 10.3. The van der Waals surface area contributed by atoms with Gasteiger partial charge in [0.1, 0.15) is 5.25 Å². The number of hydrogen-bond acceptors (Lipinski definition) is 4. The van der Waals surface area contributed by atoms with E-state index in [0.29, 0.717) is 10.7 Å². The summed E-state index contributed by atoms with van der Waals surface area (Å²) in [4.78, 5) is 11.9. The van der Waals surface area contributed by atoms with E-state index in [1.54, 1.807) is 24.3 Å². The Morgan fingerprint density at radius 3 is 2.55 bits per heavy atom. The lowest BCUT2D eigenvalue weighted by molar-refractivity contribution is -0.115. The average molecular weight is 315 g/mol. The fourth-order valence-corrected chi connectivity index (χ4v) is 2.88. The van der Waals surface area contributed by atoms with Gasteiger partial charge < -0.3 is 5.32 Å². The van der Waals surface area contributed by atoms with E-state index >= 15 is 0 Å². The number of rotatable bonds is 6. The van der Waals surface area contributed by atoms with Crippen LogP contribution < -0.4 is 5.32 Å². The van der Waals surface area contributed by atoms with Gasteiger partial charge in [-0.2, -0.15) is 5.26 Å². The van der Waals surface area contributed by atoms with Gasteiger partial charge in [-0.05, 0) is 37.6 Å². The number of halogens is 1. The monoisotopic (exact) mass is 314 g/mol. The predicted molar refractivity (Wildman–Crippen MR) is 78.2 cm³/mol. The highest BCUT2D eigenvalue weighted by Crippen LogP contribution is 2.15. The quantitative estimate of drug-likeness (QED) is 0.817. The lowest BCUT2D eigenvalue weighted by Gasteiger charge is -2.13. The van der Waals surface area contributed by atoms with E-state index in [1.165, 1.54) is 6.92 Å². The van der Waals surface area contributed by atoms with Crippen LogP contribution in [0.25, 0.3) is 0 Å². The van der Waals surface area contributed by atoms with E-state index < -0.39 is 21.0 Å². The summed E-state index contributed by atoms with van der Waals surface area (Å²) in [5.41, 5.74) is 0.485. The van der Waals surface area contributed by atoms with Crippen LogP contribution >= 0.6 is 11.6 Å². The van der Waals surface area contributed by atoms with Crippen LogP contribution in [0, 0.1) is 11.3 Å². The van der Waals surface area contributed by atoms with Gasteiger partial charge in [0, 0.05) is 17.1 Å². The summed E-state index contributed by atoms with van der Waals surface area (Å²) in [5.74, 6) is -0.764. The number of sulfone groups is 1. The SMILES string of the molecule is CC(C(=O)Nc1ccc(Cl)cc1)S(=O)(=O)CCCC#N. The molecule has 1 rings (SSSR count). The average Bonchev–Trinajstić information content (AvgIpc) is 2.40.